The normalized spacial score (nSPS) is 12.0. The summed E-state index contributed by atoms with van der Waals surface area (Å²) in [6, 6.07) is 14.7. The number of hydrogen-bond acceptors (Lipinski definition) is 2. The zero-order valence-corrected chi connectivity index (χ0v) is 14.8. The third-order valence-corrected chi connectivity index (χ3v) is 4.47. The van der Waals surface area contributed by atoms with Gasteiger partial charge in [0.2, 0.25) is 0 Å². The van der Waals surface area contributed by atoms with Crippen LogP contribution in [0.25, 0.3) is 0 Å². The highest BCUT2D eigenvalue weighted by Gasteiger charge is 2.13. The molecule has 0 heterocycles. The van der Waals surface area contributed by atoms with Crippen molar-refractivity contribution in [3.63, 3.8) is 0 Å². The molecule has 130 valence electrons. The standard InChI is InChI=1S/C14H22N6O2P2/c15-23(16,21)19-13-7-3-1-5-11(13)9-10-12-6-2-4-8-14(12)20-24(17,18)22/h1-8H,9-10H2,(H5,15,16,19,21)(H5,17,18,20,22). The van der Waals surface area contributed by atoms with E-state index in [-0.39, 0.29) is 0 Å². The first kappa shape index (κ1) is 18.7. The van der Waals surface area contributed by atoms with E-state index < -0.39 is 15.2 Å². The maximum Gasteiger partial charge on any atom is 0.298 e. The molecule has 10 heteroatoms. The Labute approximate surface area is 141 Å². The Morgan fingerprint density at radius 3 is 1.33 bits per heavy atom. The summed E-state index contributed by atoms with van der Waals surface area (Å²) in [7, 11) is -6.76. The van der Waals surface area contributed by atoms with Gasteiger partial charge in [-0.3, -0.25) is 31.1 Å². The van der Waals surface area contributed by atoms with E-state index in [1.165, 1.54) is 0 Å². The monoisotopic (exact) mass is 368 g/mol. The van der Waals surface area contributed by atoms with Gasteiger partial charge in [0.15, 0.2) is 0 Å². The Morgan fingerprint density at radius 2 is 1.00 bits per heavy atom. The predicted octanol–water partition coefficient (Wildman–Crippen LogP) is 2.35. The van der Waals surface area contributed by atoms with Gasteiger partial charge in [-0.25, -0.2) is 0 Å². The lowest BCUT2D eigenvalue weighted by Gasteiger charge is -2.16. The average Bonchev–Trinajstić information content (AvgIpc) is 2.44. The molecule has 10 N–H and O–H groups in total. The number of benzene rings is 2. The number of nitrogens with two attached hydrogens (primary N) is 4. The van der Waals surface area contributed by atoms with Crippen molar-refractivity contribution in [1.82, 2.24) is 0 Å². The van der Waals surface area contributed by atoms with Crippen LogP contribution in [0.4, 0.5) is 11.4 Å². The molecule has 24 heavy (non-hydrogen) atoms. The molecule has 0 aliphatic rings. The van der Waals surface area contributed by atoms with Crippen molar-refractivity contribution in [3.8, 4) is 0 Å². The van der Waals surface area contributed by atoms with E-state index in [1.54, 1.807) is 24.3 Å². The van der Waals surface area contributed by atoms with Crippen molar-refractivity contribution in [2.45, 2.75) is 12.8 Å². The van der Waals surface area contributed by atoms with Crippen molar-refractivity contribution in [3.05, 3.63) is 59.7 Å². The highest BCUT2D eigenvalue weighted by Crippen LogP contribution is 2.32. The van der Waals surface area contributed by atoms with Gasteiger partial charge in [0.25, 0.3) is 15.2 Å². The fourth-order valence-corrected chi connectivity index (χ4v) is 3.53. The van der Waals surface area contributed by atoms with Gasteiger partial charge >= 0.3 is 0 Å². The molecule has 0 aromatic heterocycles. The summed E-state index contributed by atoms with van der Waals surface area (Å²) in [5, 5.41) is 5.30. The molecule has 0 radical (unpaired) electrons. The summed E-state index contributed by atoms with van der Waals surface area (Å²) in [5.41, 5.74) is 24.6. The Bertz CT molecular complexity index is 734. The van der Waals surface area contributed by atoms with Gasteiger partial charge in [0, 0.05) is 11.4 Å². The molecule has 2 rings (SSSR count). The van der Waals surface area contributed by atoms with Gasteiger partial charge in [0.05, 0.1) is 0 Å². The lowest BCUT2D eigenvalue weighted by molar-refractivity contribution is 0.579. The largest absolute Gasteiger partial charge is 0.313 e. The first-order valence-electron chi connectivity index (χ1n) is 7.21. The number of hydrogen-bond donors (Lipinski definition) is 6. The van der Waals surface area contributed by atoms with Crippen molar-refractivity contribution in [1.29, 1.82) is 0 Å². The summed E-state index contributed by atoms with van der Waals surface area (Å²) in [4.78, 5) is 0. The minimum absolute atomic E-state index is 0.625. The Morgan fingerprint density at radius 1 is 0.667 bits per heavy atom. The fraction of sp³-hybridized carbons (Fsp3) is 0.143. The molecule has 0 unspecified atom stereocenters. The number of nitrogens with one attached hydrogen (secondary N) is 2. The van der Waals surface area contributed by atoms with Gasteiger partial charge in [-0.1, -0.05) is 36.4 Å². The SMILES string of the molecule is NP(N)(=O)Nc1ccccc1CCc1ccccc1NP(N)(N)=O. The zero-order valence-electron chi connectivity index (χ0n) is 13.1. The van der Waals surface area contributed by atoms with E-state index in [2.05, 4.69) is 10.2 Å². The Hall–Kier alpha value is -1.66. The van der Waals surface area contributed by atoms with E-state index in [0.717, 1.165) is 11.1 Å². The molecule has 0 aliphatic carbocycles. The van der Waals surface area contributed by atoms with Gasteiger partial charge in [-0.05, 0) is 36.1 Å². The van der Waals surface area contributed by atoms with Crippen molar-refractivity contribution in [2.24, 2.45) is 22.0 Å². The van der Waals surface area contributed by atoms with Crippen molar-refractivity contribution >= 4 is 26.6 Å². The molecule has 0 spiro atoms. The van der Waals surface area contributed by atoms with Crippen LogP contribution in [0.5, 0.6) is 0 Å². The van der Waals surface area contributed by atoms with Gasteiger partial charge in [-0.15, -0.1) is 0 Å². The quantitative estimate of drug-likeness (QED) is 0.406. The van der Waals surface area contributed by atoms with Crippen LogP contribution in [0.3, 0.4) is 0 Å². The van der Waals surface area contributed by atoms with Gasteiger partial charge in [-0.2, -0.15) is 0 Å². The molecular weight excluding hydrogens is 346 g/mol. The topological polar surface area (TPSA) is 162 Å². The molecule has 0 aliphatic heterocycles. The van der Waals surface area contributed by atoms with Crippen LogP contribution in [-0.2, 0) is 22.0 Å². The first-order chi connectivity index (χ1) is 11.1. The molecule has 0 saturated heterocycles. The molecule has 8 nitrogen and oxygen atoms in total. The third kappa shape index (κ3) is 6.09. The van der Waals surface area contributed by atoms with E-state index in [9.17, 15) is 9.13 Å². The molecule has 2 aromatic rings. The van der Waals surface area contributed by atoms with Crippen LogP contribution in [0, 0.1) is 0 Å². The minimum Gasteiger partial charge on any atom is -0.313 e. The van der Waals surface area contributed by atoms with Gasteiger partial charge < -0.3 is 10.2 Å². The summed E-state index contributed by atoms with van der Waals surface area (Å²) >= 11 is 0. The van der Waals surface area contributed by atoms with Crippen LogP contribution in [-0.4, -0.2) is 0 Å². The number of anilines is 2. The molecule has 0 bridgehead atoms. The third-order valence-electron chi connectivity index (χ3n) is 3.29. The number of para-hydroxylation sites is 2. The molecule has 0 amide bonds. The predicted molar refractivity (Wildman–Crippen MR) is 99.5 cm³/mol. The van der Waals surface area contributed by atoms with Crippen LogP contribution in [0.2, 0.25) is 0 Å². The molecule has 0 saturated carbocycles. The van der Waals surface area contributed by atoms with Crippen LogP contribution < -0.4 is 32.2 Å². The minimum atomic E-state index is -3.38. The average molecular weight is 368 g/mol. The van der Waals surface area contributed by atoms with Crippen LogP contribution >= 0.6 is 15.2 Å². The summed E-state index contributed by atoms with van der Waals surface area (Å²) in [6.45, 7) is 0. The molecule has 0 atom stereocenters. The van der Waals surface area contributed by atoms with E-state index in [0.29, 0.717) is 24.2 Å². The second-order valence-electron chi connectivity index (χ2n) is 5.46. The van der Waals surface area contributed by atoms with E-state index in [1.807, 2.05) is 24.3 Å². The Kier molecular flexibility index (Phi) is 5.83. The maximum atomic E-state index is 11.6. The Balaban J connectivity index is 2.18. The lowest BCUT2D eigenvalue weighted by Crippen LogP contribution is -2.15. The first-order valence-corrected chi connectivity index (χ1v) is 10.9. The highest BCUT2D eigenvalue weighted by molar-refractivity contribution is 7.60. The fourth-order valence-electron chi connectivity index (χ4n) is 2.34. The number of rotatable bonds is 7. The maximum absolute atomic E-state index is 11.6. The lowest BCUT2D eigenvalue weighted by atomic mass is 10.0. The van der Waals surface area contributed by atoms with Crippen LogP contribution in [0.15, 0.2) is 48.5 Å². The van der Waals surface area contributed by atoms with Gasteiger partial charge in [0.1, 0.15) is 0 Å². The van der Waals surface area contributed by atoms with Crippen molar-refractivity contribution < 1.29 is 9.13 Å². The summed E-state index contributed by atoms with van der Waals surface area (Å²) < 4.78 is 23.2. The van der Waals surface area contributed by atoms with E-state index in [4.69, 9.17) is 22.0 Å². The van der Waals surface area contributed by atoms with Crippen LogP contribution in [0.1, 0.15) is 11.1 Å². The molecular formula is C14H22N6O2P2. The second-order valence-corrected chi connectivity index (χ2v) is 8.74. The molecule has 0 fully saturated rings. The van der Waals surface area contributed by atoms with E-state index >= 15 is 0 Å². The zero-order chi connectivity index (χ0) is 17.8. The smallest absolute Gasteiger partial charge is 0.298 e. The summed E-state index contributed by atoms with van der Waals surface area (Å²) in [5.74, 6) is 0. The highest BCUT2D eigenvalue weighted by atomic mass is 31.2. The second kappa shape index (κ2) is 7.49. The summed E-state index contributed by atoms with van der Waals surface area (Å²) in [6.07, 6.45) is 1.25. The number of aryl methyl sites for hydroxylation is 2. The van der Waals surface area contributed by atoms with Crippen molar-refractivity contribution in [2.75, 3.05) is 10.2 Å². The molecule has 2 aromatic carbocycles.